The Morgan fingerprint density at radius 1 is 1.40 bits per heavy atom. The molecule has 3 rings (SSSR count). The quantitative estimate of drug-likeness (QED) is 0.836. The van der Waals surface area contributed by atoms with Crippen LogP contribution in [0.3, 0.4) is 0 Å². The van der Waals surface area contributed by atoms with Gasteiger partial charge in [-0.3, -0.25) is 0 Å². The summed E-state index contributed by atoms with van der Waals surface area (Å²) in [7, 11) is 0. The van der Waals surface area contributed by atoms with E-state index in [-0.39, 0.29) is 0 Å². The van der Waals surface area contributed by atoms with E-state index < -0.39 is 0 Å². The number of fused-ring (bicyclic) bond motifs is 1. The molecular formula is C12H12N2S. The maximum atomic E-state index is 5.56. The molecule has 76 valence electrons. The lowest BCUT2D eigenvalue weighted by Crippen LogP contribution is -2.17. The van der Waals surface area contributed by atoms with E-state index in [2.05, 4.69) is 34.6 Å². The van der Waals surface area contributed by atoms with Gasteiger partial charge in [-0.15, -0.1) is 11.3 Å². The van der Waals surface area contributed by atoms with E-state index in [0.717, 1.165) is 12.1 Å². The Morgan fingerprint density at radius 3 is 3.00 bits per heavy atom. The fourth-order valence-corrected chi connectivity index (χ4v) is 3.01. The Hall–Kier alpha value is -1.19. The predicted octanol–water partition coefficient (Wildman–Crippen LogP) is 2.29. The van der Waals surface area contributed by atoms with Crippen molar-refractivity contribution < 1.29 is 0 Å². The van der Waals surface area contributed by atoms with Gasteiger partial charge in [-0.1, -0.05) is 24.3 Å². The van der Waals surface area contributed by atoms with Crippen molar-refractivity contribution in [3.8, 4) is 0 Å². The van der Waals surface area contributed by atoms with Gasteiger partial charge >= 0.3 is 0 Å². The second-order valence-electron chi connectivity index (χ2n) is 3.84. The van der Waals surface area contributed by atoms with E-state index in [4.69, 9.17) is 5.73 Å². The second kappa shape index (κ2) is 3.43. The molecule has 1 atom stereocenters. The number of hydrogen-bond donors (Lipinski definition) is 1. The number of benzene rings is 1. The SMILES string of the molecule is NCc1csc(C2Cc3ccccc32)n1. The van der Waals surface area contributed by atoms with Gasteiger partial charge in [-0.05, 0) is 17.5 Å². The van der Waals surface area contributed by atoms with Gasteiger partial charge < -0.3 is 5.73 Å². The highest BCUT2D eigenvalue weighted by Gasteiger charge is 2.28. The van der Waals surface area contributed by atoms with Crippen molar-refractivity contribution in [2.45, 2.75) is 18.9 Å². The van der Waals surface area contributed by atoms with Gasteiger partial charge in [0.15, 0.2) is 0 Å². The van der Waals surface area contributed by atoms with Gasteiger partial charge in [0.05, 0.1) is 5.69 Å². The number of rotatable bonds is 2. The highest BCUT2D eigenvalue weighted by atomic mass is 32.1. The molecule has 0 aliphatic heterocycles. The molecule has 1 aromatic heterocycles. The number of aromatic nitrogens is 1. The molecule has 0 amide bonds. The Balaban J connectivity index is 1.93. The van der Waals surface area contributed by atoms with Gasteiger partial charge in [0.1, 0.15) is 5.01 Å². The van der Waals surface area contributed by atoms with Gasteiger partial charge in [-0.2, -0.15) is 0 Å². The summed E-state index contributed by atoms with van der Waals surface area (Å²) in [5, 5.41) is 3.28. The first-order valence-corrected chi connectivity index (χ1v) is 5.98. The summed E-state index contributed by atoms with van der Waals surface area (Å²) >= 11 is 1.73. The molecule has 1 heterocycles. The third-order valence-electron chi connectivity index (χ3n) is 2.93. The van der Waals surface area contributed by atoms with Crippen LogP contribution in [0, 0.1) is 0 Å². The summed E-state index contributed by atoms with van der Waals surface area (Å²) in [6.45, 7) is 0.546. The molecule has 2 aromatic rings. The lowest BCUT2D eigenvalue weighted by atomic mass is 9.78. The average Bonchev–Trinajstić information content (AvgIpc) is 2.68. The van der Waals surface area contributed by atoms with Crippen molar-refractivity contribution in [3.63, 3.8) is 0 Å². The van der Waals surface area contributed by atoms with Gasteiger partial charge in [0.2, 0.25) is 0 Å². The third kappa shape index (κ3) is 1.39. The Morgan fingerprint density at radius 2 is 2.27 bits per heavy atom. The molecule has 2 N–H and O–H groups in total. The van der Waals surface area contributed by atoms with Gasteiger partial charge in [-0.25, -0.2) is 4.98 Å². The molecular weight excluding hydrogens is 204 g/mol. The highest BCUT2D eigenvalue weighted by Crippen LogP contribution is 2.40. The topological polar surface area (TPSA) is 38.9 Å². The van der Waals surface area contributed by atoms with Gasteiger partial charge in [0.25, 0.3) is 0 Å². The smallest absolute Gasteiger partial charge is 0.101 e. The molecule has 3 heteroatoms. The predicted molar refractivity (Wildman–Crippen MR) is 62.0 cm³/mol. The summed E-state index contributed by atoms with van der Waals surface area (Å²) in [4.78, 5) is 4.54. The van der Waals surface area contributed by atoms with Crippen LogP contribution in [0.1, 0.15) is 27.7 Å². The molecule has 0 fully saturated rings. The summed E-state index contributed by atoms with van der Waals surface area (Å²) in [6, 6.07) is 8.60. The first-order chi connectivity index (χ1) is 7.38. The molecule has 1 aliphatic carbocycles. The van der Waals surface area contributed by atoms with E-state index in [1.807, 2.05) is 0 Å². The normalized spacial score (nSPS) is 18.3. The first kappa shape index (κ1) is 9.07. The van der Waals surface area contributed by atoms with E-state index >= 15 is 0 Å². The van der Waals surface area contributed by atoms with Crippen LogP contribution >= 0.6 is 11.3 Å². The standard InChI is InChI=1S/C12H12N2S/c13-6-9-7-15-12(14-9)11-5-8-3-1-2-4-10(8)11/h1-4,7,11H,5-6,13H2. The van der Waals surface area contributed by atoms with Crippen molar-refractivity contribution in [2.75, 3.05) is 0 Å². The lowest BCUT2D eigenvalue weighted by molar-refractivity contribution is 0.698. The van der Waals surface area contributed by atoms with E-state index in [1.54, 1.807) is 11.3 Å². The molecule has 0 radical (unpaired) electrons. The summed E-state index contributed by atoms with van der Waals surface area (Å²) < 4.78 is 0. The minimum Gasteiger partial charge on any atom is -0.325 e. The number of nitrogens with zero attached hydrogens (tertiary/aromatic N) is 1. The zero-order valence-electron chi connectivity index (χ0n) is 8.31. The monoisotopic (exact) mass is 216 g/mol. The summed E-state index contributed by atoms with van der Waals surface area (Å²) in [6.07, 6.45) is 1.13. The highest BCUT2D eigenvalue weighted by molar-refractivity contribution is 7.09. The molecule has 0 spiro atoms. The maximum Gasteiger partial charge on any atom is 0.101 e. The maximum absolute atomic E-state index is 5.56. The third-order valence-corrected chi connectivity index (χ3v) is 3.94. The molecule has 0 saturated carbocycles. The molecule has 15 heavy (non-hydrogen) atoms. The fourth-order valence-electron chi connectivity index (χ4n) is 2.06. The van der Waals surface area contributed by atoms with Gasteiger partial charge in [0, 0.05) is 17.8 Å². The Kier molecular flexibility index (Phi) is 2.08. The summed E-state index contributed by atoms with van der Waals surface area (Å²) in [5.41, 5.74) is 9.48. The average molecular weight is 216 g/mol. The van der Waals surface area contributed by atoms with Crippen molar-refractivity contribution in [2.24, 2.45) is 5.73 Å². The minimum atomic E-state index is 0.520. The fraction of sp³-hybridized carbons (Fsp3) is 0.250. The van der Waals surface area contributed by atoms with E-state index in [1.165, 1.54) is 16.1 Å². The Labute approximate surface area is 92.8 Å². The van der Waals surface area contributed by atoms with Crippen LogP contribution in [-0.2, 0) is 13.0 Å². The van der Waals surface area contributed by atoms with Crippen LogP contribution in [-0.4, -0.2) is 4.98 Å². The van der Waals surface area contributed by atoms with Crippen LogP contribution in [0.4, 0.5) is 0 Å². The number of thiazole rings is 1. The van der Waals surface area contributed by atoms with Crippen molar-refractivity contribution >= 4 is 11.3 Å². The molecule has 1 unspecified atom stereocenters. The molecule has 1 aliphatic rings. The largest absolute Gasteiger partial charge is 0.325 e. The first-order valence-electron chi connectivity index (χ1n) is 5.10. The van der Waals surface area contributed by atoms with E-state index in [9.17, 15) is 0 Å². The Bertz CT molecular complexity index is 490. The second-order valence-corrected chi connectivity index (χ2v) is 4.73. The molecule has 1 aromatic carbocycles. The lowest BCUT2D eigenvalue weighted by Gasteiger charge is -2.28. The van der Waals surface area contributed by atoms with Crippen LogP contribution < -0.4 is 5.73 Å². The zero-order chi connectivity index (χ0) is 10.3. The van der Waals surface area contributed by atoms with Crippen molar-refractivity contribution in [1.29, 1.82) is 0 Å². The zero-order valence-corrected chi connectivity index (χ0v) is 9.13. The van der Waals surface area contributed by atoms with Crippen LogP contribution in [0.25, 0.3) is 0 Å². The minimum absolute atomic E-state index is 0.520. The van der Waals surface area contributed by atoms with Crippen LogP contribution in [0.5, 0.6) is 0 Å². The molecule has 2 nitrogen and oxygen atoms in total. The van der Waals surface area contributed by atoms with Crippen LogP contribution in [0.15, 0.2) is 29.6 Å². The molecule has 0 saturated heterocycles. The van der Waals surface area contributed by atoms with Crippen LogP contribution in [0.2, 0.25) is 0 Å². The number of nitrogens with two attached hydrogens (primary N) is 1. The molecule has 0 bridgehead atoms. The van der Waals surface area contributed by atoms with E-state index in [0.29, 0.717) is 12.5 Å². The summed E-state index contributed by atoms with van der Waals surface area (Å²) in [5.74, 6) is 0.520. The van der Waals surface area contributed by atoms with Crippen molar-refractivity contribution in [1.82, 2.24) is 4.98 Å². The number of hydrogen-bond acceptors (Lipinski definition) is 3. The van der Waals surface area contributed by atoms with Crippen molar-refractivity contribution in [3.05, 3.63) is 51.5 Å².